The summed E-state index contributed by atoms with van der Waals surface area (Å²) < 4.78 is 8.86. The number of carbonyl (C=O) groups is 1. The lowest BCUT2D eigenvalue weighted by Crippen LogP contribution is -2.26. The van der Waals surface area contributed by atoms with Gasteiger partial charge in [0, 0.05) is 17.3 Å². The van der Waals surface area contributed by atoms with Crippen LogP contribution in [0.5, 0.6) is 5.75 Å². The van der Waals surface area contributed by atoms with Crippen LogP contribution in [0, 0.1) is 0 Å². The Labute approximate surface area is 152 Å². The van der Waals surface area contributed by atoms with Crippen LogP contribution in [0.3, 0.4) is 0 Å². The molecule has 0 aliphatic heterocycles. The Hall–Kier alpha value is -1.95. The van der Waals surface area contributed by atoms with Gasteiger partial charge in [-0.05, 0) is 36.4 Å². The molecule has 0 bridgehead atoms. The molecule has 0 saturated heterocycles. The molecule has 3 rings (SSSR count). The topological polar surface area (TPSA) is 64.4 Å². The van der Waals surface area contributed by atoms with E-state index in [1.165, 1.54) is 0 Å². The maximum atomic E-state index is 11.6. The van der Waals surface area contributed by atoms with Gasteiger partial charge in [0.05, 0.1) is 7.11 Å². The number of ether oxygens (including phenoxy) is 1. The van der Waals surface area contributed by atoms with E-state index in [9.17, 15) is 4.79 Å². The van der Waals surface area contributed by atoms with E-state index in [-0.39, 0.29) is 0 Å². The smallest absolute Gasteiger partial charge is 0.276 e. The molecule has 24 heavy (non-hydrogen) atoms. The molecule has 0 aliphatic carbocycles. The summed E-state index contributed by atoms with van der Waals surface area (Å²) in [5.74, 6) is 0.429. The van der Waals surface area contributed by atoms with Crippen LogP contribution in [0.2, 0.25) is 0 Å². The van der Waals surface area contributed by atoms with E-state index in [1.54, 1.807) is 49.6 Å². The molecule has 1 N–H and O–H groups in total. The van der Waals surface area contributed by atoms with Gasteiger partial charge >= 0.3 is 0 Å². The Bertz CT molecular complexity index is 886. The molecule has 3 aromatic rings. The lowest BCUT2D eigenvalue weighted by molar-refractivity contribution is -0.115. The van der Waals surface area contributed by atoms with Crippen molar-refractivity contribution in [2.75, 3.05) is 12.4 Å². The normalized spacial score (nSPS) is 11.5. The number of nitrogens with zero attached hydrogens (tertiary/aromatic N) is 1. The van der Waals surface area contributed by atoms with Gasteiger partial charge in [0.15, 0.2) is 5.58 Å². The van der Waals surface area contributed by atoms with Crippen LogP contribution in [0.15, 0.2) is 46.9 Å². The number of oxazole rings is 1. The predicted molar refractivity (Wildman–Crippen MR) is 94.9 cm³/mol. The third kappa shape index (κ3) is 3.59. The largest absolute Gasteiger partial charge is 0.497 e. The number of amides is 1. The molecule has 8 heteroatoms. The SMILES string of the molecule is COc1ccc2oc(-c3ccc(NC(=O)C(Cl)(Cl)Cl)cc3)nc2c1. The van der Waals surface area contributed by atoms with Gasteiger partial charge in [-0.25, -0.2) is 4.98 Å². The molecule has 1 aromatic heterocycles. The lowest BCUT2D eigenvalue weighted by Gasteiger charge is -2.11. The summed E-state index contributed by atoms with van der Waals surface area (Å²) in [4.78, 5) is 16.0. The maximum Gasteiger partial charge on any atom is 0.276 e. The number of benzene rings is 2. The van der Waals surface area contributed by atoms with Gasteiger partial charge in [-0.2, -0.15) is 0 Å². The second-order valence-electron chi connectivity index (χ2n) is 4.88. The second-order valence-corrected chi connectivity index (χ2v) is 7.16. The number of aromatic nitrogens is 1. The molecular formula is C16H11Cl3N2O3. The van der Waals surface area contributed by atoms with Crippen molar-refractivity contribution in [3.05, 3.63) is 42.5 Å². The van der Waals surface area contributed by atoms with Crippen molar-refractivity contribution in [3.8, 4) is 17.2 Å². The highest BCUT2D eigenvalue weighted by Crippen LogP contribution is 2.29. The van der Waals surface area contributed by atoms with Gasteiger partial charge in [-0.3, -0.25) is 4.79 Å². The first-order valence-corrected chi connectivity index (χ1v) is 7.93. The first-order valence-electron chi connectivity index (χ1n) is 6.80. The summed E-state index contributed by atoms with van der Waals surface area (Å²) in [6, 6.07) is 12.2. The number of nitrogens with one attached hydrogen (secondary N) is 1. The number of alkyl halides is 3. The fourth-order valence-electron chi connectivity index (χ4n) is 2.06. The highest BCUT2D eigenvalue weighted by atomic mass is 35.6. The van der Waals surface area contributed by atoms with Crippen LogP contribution in [-0.4, -0.2) is 21.8 Å². The van der Waals surface area contributed by atoms with Gasteiger partial charge < -0.3 is 14.5 Å². The average molecular weight is 386 g/mol. The highest BCUT2D eigenvalue weighted by molar-refractivity contribution is 6.76. The van der Waals surface area contributed by atoms with Crippen molar-refractivity contribution in [2.45, 2.75) is 3.79 Å². The molecule has 0 aliphatic rings. The van der Waals surface area contributed by atoms with Crippen LogP contribution in [-0.2, 0) is 4.79 Å². The molecule has 1 heterocycles. The Morgan fingerprint density at radius 1 is 1.17 bits per heavy atom. The van der Waals surface area contributed by atoms with Gasteiger partial charge in [0.1, 0.15) is 11.3 Å². The number of halogens is 3. The molecule has 2 aromatic carbocycles. The number of methoxy groups -OCH3 is 1. The molecule has 1 amide bonds. The third-order valence-electron chi connectivity index (χ3n) is 3.24. The fraction of sp³-hybridized carbons (Fsp3) is 0.125. The van der Waals surface area contributed by atoms with Crippen LogP contribution in [0.4, 0.5) is 5.69 Å². The zero-order valence-electron chi connectivity index (χ0n) is 12.3. The minimum absolute atomic E-state index is 0.456. The highest BCUT2D eigenvalue weighted by Gasteiger charge is 2.30. The summed E-state index contributed by atoms with van der Waals surface area (Å²) in [5.41, 5.74) is 2.59. The summed E-state index contributed by atoms with van der Waals surface area (Å²) in [6.07, 6.45) is 0. The van der Waals surface area contributed by atoms with Crippen molar-refractivity contribution in [1.29, 1.82) is 0 Å². The Kier molecular flexibility index (Phi) is 4.58. The van der Waals surface area contributed by atoms with Crippen molar-refractivity contribution in [3.63, 3.8) is 0 Å². The number of anilines is 1. The van der Waals surface area contributed by atoms with Gasteiger partial charge in [0.2, 0.25) is 5.89 Å². The molecule has 0 atom stereocenters. The zero-order chi connectivity index (χ0) is 17.3. The monoisotopic (exact) mass is 384 g/mol. The van der Waals surface area contributed by atoms with E-state index in [0.29, 0.717) is 28.4 Å². The van der Waals surface area contributed by atoms with Crippen molar-refractivity contribution in [1.82, 2.24) is 4.98 Å². The number of rotatable bonds is 3. The van der Waals surface area contributed by atoms with E-state index in [4.69, 9.17) is 44.0 Å². The molecular weight excluding hydrogens is 375 g/mol. The lowest BCUT2D eigenvalue weighted by atomic mass is 10.2. The quantitative estimate of drug-likeness (QED) is 0.657. The Morgan fingerprint density at radius 3 is 2.50 bits per heavy atom. The fourth-order valence-corrected chi connectivity index (χ4v) is 2.20. The molecule has 0 radical (unpaired) electrons. The van der Waals surface area contributed by atoms with Crippen LogP contribution < -0.4 is 10.1 Å². The summed E-state index contributed by atoms with van der Waals surface area (Å²) >= 11 is 16.5. The van der Waals surface area contributed by atoms with E-state index in [0.717, 1.165) is 5.56 Å². The molecule has 0 spiro atoms. The molecule has 124 valence electrons. The van der Waals surface area contributed by atoms with E-state index >= 15 is 0 Å². The average Bonchev–Trinajstić information content (AvgIpc) is 2.97. The van der Waals surface area contributed by atoms with E-state index < -0.39 is 9.70 Å². The van der Waals surface area contributed by atoms with Gasteiger partial charge in [-0.1, -0.05) is 34.8 Å². The Morgan fingerprint density at radius 2 is 1.88 bits per heavy atom. The third-order valence-corrected chi connectivity index (χ3v) is 3.76. The minimum Gasteiger partial charge on any atom is -0.497 e. The van der Waals surface area contributed by atoms with Gasteiger partial charge in [0.25, 0.3) is 9.70 Å². The van der Waals surface area contributed by atoms with Crippen LogP contribution in [0.1, 0.15) is 0 Å². The van der Waals surface area contributed by atoms with E-state index in [2.05, 4.69) is 10.3 Å². The summed E-state index contributed by atoms with van der Waals surface area (Å²) in [5, 5.41) is 2.50. The van der Waals surface area contributed by atoms with Crippen LogP contribution in [0.25, 0.3) is 22.6 Å². The minimum atomic E-state index is -2.02. The van der Waals surface area contributed by atoms with Gasteiger partial charge in [-0.15, -0.1) is 0 Å². The standard InChI is InChI=1S/C16H11Cl3N2O3/c1-23-11-6-7-13-12(8-11)21-14(24-13)9-2-4-10(5-3-9)20-15(22)16(17,18)19/h2-8H,1H3,(H,20,22). The number of carbonyl (C=O) groups excluding carboxylic acids is 1. The molecule has 0 fully saturated rings. The molecule has 5 nitrogen and oxygen atoms in total. The van der Waals surface area contributed by atoms with Crippen molar-refractivity contribution < 1.29 is 13.9 Å². The zero-order valence-corrected chi connectivity index (χ0v) is 14.6. The van der Waals surface area contributed by atoms with Crippen molar-refractivity contribution >= 4 is 57.5 Å². The van der Waals surface area contributed by atoms with E-state index in [1.807, 2.05) is 0 Å². The maximum absolute atomic E-state index is 11.6. The molecule has 0 saturated carbocycles. The summed E-state index contributed by atoms with van der Waals surface area (Å²) in [7, 11) is 1.59. The first-order chi connectivity index (χ1) is 11.4. The Balaban J connectivity index is 1.84. The second kappa shape index (κ2) is 6.51. The molecule has 0 unspecified atom stereocenters. The number of hydrogen-bond acceptors (Lipinski definition) is 4. The number of hydrogen-bond donors (Lipinski definition) is 1. The van der Waals surface area contributed by atoms with Crippen LogP contribution >= 0.6 is 34.8 Å². The number of fused-ring (bicyclic) bond motifs is 1. The van der Waals surface area contributed by atoms with Crippen molar-refractivity contribution in [2.24, 2.45) is 0 Å². The first kappa shape index (κ1) is 16.9. The summed E-state index contributed by atoms with van der Waals surface area (Å²) in [6.45, 7) is 0. The predicted octanol–water partition coefficient (Wildman–Crippen LogP) is 4.81.